The summed E-state index contributed by atoms with van der Waals surface area (Å²) in [7, 11) is 0. The highest BCUT2D eigenvalue weighted by Crippen LogP contribution is 2.29. The second-order valence-electron chi connectivity index (χ2n) is 8.44. The third-order valence-corrected chi connectivity index (χ3v) is 6.98. The maximum Gasteiger partial charge on any atom is 0.187 e. The van der Waals surface area contributed by atoms with E-state index in [1.807, 2.05) is 12.3 Å². The molecule has 3 heterocycles. The number of hydrogen-bond acceptors (Lipinski definition) is 6. The van der Waals surface area contributed by atoms with Crippen molar-refractivity contribution in [2.75, 3.05) is 45.1 Å². The number of para-hydroxylation sites is 1. The van der Waals surface area contributed by atoms with Crippen molar-refractivity contribution in [3.63, 3.8) is 0 Å². The van der Waals surface area contributed by atoms with E-state index in [9.17, 15) is 0 Å². The van der Waals surface area contributed by atoms with Crippen molar-refractivity contribution in [3.05, 3.63) is 60.4 Å². The van der Waals surface area contributed by atoms with Crippen molar-refractivity contribution in [2.45, 2.75) is 43.3 Å². The summed E-state index contributed by atoms with van der Waals surface area (Å²) in [6.45, 7) is 11.0. The largest absolute Gasteiger partial charge is 0.489 e. The smallest absolute Gasteiger partial charge is 0.187 e. The number of ether oxygens (including phenoxy) is 1. The molecule has 0 spiro atoms. The Morgan fingerprint density at radius 3 is 2.81 bits per heavy atom. The fourth-order valence-corrected chi connectivity index (χ4v) is 5.37. The molecule has 2 aromatic rings. The summed E-state index contributed by atoms with van der Waals surface area (Å²) in [5.74, 6) is 2.50. The van der Waals surface area contributed by atoms with Gasteiger partial charge in [0.15, 0.2) is 5.16 Å². The van der Waals surface area contributed by atoms with Gasteiger partial charge in [-0.05, 0) is 57.5 Å². The molecule has 166 valence electrons. The van der Waals surface area contributed by atoms with Crippen LogP contribution >= 0.6 is 11.8 Å². The highest BCUT2D eigenvalue weighted by Gasteiger charge is 2.23. The highest BCUT2D eigenvalue weighted by atomic mass is 32.2. The second-order valence-corrected chi connectivity index (χ2v) is 9.51. The molecule has 2 fully saturated rings. The van der Waals surface area contributed by atoms with Gasteiger partial charge < -0.3 is 9.64 Å². The van der Waals surface area contributed by atoms with E-state index in [2.05, 4.69) is 45.6 Å². The number of hydrogen-bond donors (Lipinski definition) is 0. The van der Waals surface area contributed by atoms with Crippen molar-refractivity contribution in [2.24, 2.45) is 0 Å². The summed E-state index contributed by atoms with van der Waals surface area (Å²) in [4.78, 5) is 14.5. The monoisotopic (exact) mass is 438 g/mol. The Hall–Kier alpha value is -1.89. The molecule has 2 saturated heterocycles. The Kier molecular flexibility index (Phi) is 8.38. The van der Waals surface area contributed by atoms with Gasteiger partial charge in [-0.3, -0.25) is 4.90 Å². The van der Waals surface area contributed by atoms with Gasteiger partial charge in [0, 0.05) is 48.8 Å². The topological polar surface area (TPSA) is 41.5 Å². The van der Waals surface area contributed by atoms with Crippen LogP contribution < -0.4 is 4.74 Å². The predicted octanol–water partition coefficient (Wildman–Crippen LogP) is 4.61. The van der Waals surface area contributed by atoms with E-state index in [0.29, 0.717) is 12.5 Å². The van der Waals surface area contributed by atoms with Gasteiger partial charge in [-0.25, -0.2) is 9.97 Å². The quantitative estimate of drug-likeness (QED) is 0.307. The van der Waals surface area contributed by atoms with Crippen LogP contribution in [0.1, 0.15) is 42.9 Å². The van der Waals surface area contributed by atoms with E-state index in [4.69, 9.17) is 9.72 Å². The van der Waals surface area contributed by atoms with E-state index in [0.717, 1.165) is 42.8 Å². The van der Waals surface area contributed by atoms with E-state index in [1.54, 1.807) is 17.8 Å². The summed E-state index contributed by atoms with van der Waals surface area (Å²) in [5.41, 5.74) is 2.44. The lowest BCUT2D eigenvalue weighted by molar-refractivity contribution is 0.195. The van der Waals surface area contributed by atoms with E-state index >= 15 is 0 Å². The second kappa shape index (κ2) is 11.7. The molecule has 5 nitrogen and oxygen atoms in total. The first-order valence-electron chi connectivity index (χ1n) is 11.5. The third-order valence-electron chi connectivity index (χ3n) is 6.14. The van der Waals surface area contributed by atoms with Gasteiger partial charge in [-0.2, -0.15) is 0 Å². The number of rotatable bonds is 10. The Labute approximate surface area is 190 Å². The minimum absolute atomic E-state index is 0.468. The molecule has 1 atom stereocenters. The van der Waals surface area contributed by atoms with Crippen molar-refractivity contribution in [3.8, 4) is 5.75 Å². The molecule has 2 aliphatic rings. The zero-order valence-electron chi connectivity index (χ0n) is 18.4. The lowest BCUT2D eigenvalue weighted by Gasteiger charge is -2.32. The highest BCUT2D eigenvalue weighted by molar-refractivity contribution is 7.99. The van der Waals surface area contributed by atoms with Crippen LogP contribution in [-0.4, -0.2) is 64.9 Å². The molecule has 0 aliphatic carbocycles. The molecular weight excluding hydrogens is 404 g/mol. The van der Waals surface area contributed by atoms with Gasteiger partial charge >= 0.3 is 0 Å². The minimum Gasteiger partial charge on any atom is -0.489 e. The van der Waals surface area contributed by atoms with Gasteiger partial charge in [-0.1, -0.05) is 42.6 Å². The molecule has 0 N–H and O–H groups in total. The van der Waals surface area contributed by atoms with Crippen LogP contribution in [0.5, 0.6) is 5.75 Å². The number of piperidine rings is 1. The Morgan fingerprint density at radius 2 is 1.94 bits per heavy atom. The fraction of sp³-hybridized carbons (Fsp3) is 0.520. The van der Waals surface area contributed by atoms with E-state index in [1.165, 1.54) is 50.0 Å². The zero-order chi connectivity index (χ0) is 21.3. The van der Waals surface area contributed by atoms with Crippen LogP contribution in [0.3, 0.4) is 0 Å². The fourth-order valence-electron chi connectivity index (χ4n) is 4.53. The number of likely N-dealkylation sites (tertiary alicyclic amines) is 2. The summed E-state index contributed by atoms with van der Waals surface area (Å²) >= 11 is 1.80. The summed E-state index contributed by atoms with van der Waals surface area (Å²) < 4.78 is 5.86. The molecule has 0 bridgehead atoms. The molecule has 2 aliphatic heterocycles. The summed E-state index contributed by atoms with van der Waals surface area (Å²) in [5, 5.41) is 0.928. The molecular formula is C25H34N4OS. The van der Waals surface area contributed by atoms with Crippen molar-refractivity contribution >= 4 is 11.8 Å². The Morgan fingerprint density at radius 1 is 1.10 bits per heavy atom. The lowest BCUT2D eigenvalue weighted by atomic mass is 9.94. The standard InChI is InChI=1S/C25H34N4OS/c1-2-17-30-24-10-4-3-8-22(24)20-29-15-7-9-21(19-29)23-11-12-26-25(27-23)31-18-16-28-13-5-6-14-28/h2-4,8,10-12,21H,1,5-7,9,13-20H2. The van der Waals surface area contributed by atoms with Crippen LogP contribution in [0, 0.1) is 0 Å². The zero-order valence-corrected chi connectivity index (χ0v) is 19.2. The van der Waals surface area contributed by atoms with Gasteiger partial charge in [0.05, 0.1) is 0 Å². The van der Waals surface area contributed by atoms with Crippen LogP contribution in [0.25, 0.3) is 0 Å². The molecule has 1 aromatic heterocycles. The maximum atomic E-state index is 5.86. The first-order valence-corrected chi connectivity index (χ1v) is 12.5. The number of nitrogens with zero attached hydrogens (tertiary/aromatic N) is 4. The van der Waals surface area contributed by atoms with E-state index < -0.39 is 0 Å². The van der Waals surface area contributed by atoms with Crippen LogP contribution in [0.2, 0.25) is 0 Å². The maximum absolute atomic E-state index is 5.86. The molecule has 0 saturated carbocycles. The predicted molar refractivity (Wildman–Crippen MR) is 128 cm³/mol. The van der Waals surface area contributed by atoms with Gasteiger partial charge in [0.1, 0.15) is 12.4 Å². The molecule has 6 heteroatoms. The molecule has 1 unspecified atom stereocenters. The minimum atomic E-state index is 0.468. The van der Waals surface area contributed by atoms with Crippen LogP contribution in [-0.2, 0) is 6.54 Å². The van der Waals surface area contributed by atoms with Gasteiger partial charge in [-0.15, -0.1) is 0 Å². The van der Waals surface area contributed by atoms with Crippen LogP contribution in [0.4, 0.5) is 0 Å². The molecule has 1 aromatic carbocycles. The molecule has 0 amide bonds. The van der Waals surface area contributed by atoms with Crippen molar-refractivity contribution in [1.29, 1.82) is 0 Å². The third kappa shape index (κ3) is 6.55. The average molecular weight is 439 g/mol. The molecule has 31 heavy (non-hydrogen) atoms. The number of thioether (sulfide) groups is 1. The van der Waals surface area contributed by atoms with E-state index in [-0.39, 0.29) is 0 Å². The SMILES string of the molecule is C=CCOc1ccccc1CN1CCCC(c2ccnc(SCCN3CCCC3)n2)C1. The van der Waals surface area contributed by atoms with Crippen LogP contribution in [0.15, 0.2) is 54.3 Å². The number of benzene rings is 1. The average Bonchev–Trinajstić information content (AvgIpc) is 3.33. The number of aromatic nitrogens is 2. The normalized spacial score (nSPS) is 20.1. The summed E-state index contributed by atoms with van der Waals surface area (Å²) in [6, 6.07) is 10.5. The van der Waals surface area contributed by atoms with Gasteiger partial charge in [0.2, 0.25) is 0 Å². The van der Waals surface area contributed by atoms with Gasteiger partial charge in [0.25, 0.3) is 0 Å². The van der Waals surface area contributed by atoms with Crippen molar-refractivity contribution < 1.29 is 4.74 Å². The first-order chi connectivity index (χ1) is 15.3. The molecule has 4 rings (SSSR count). The Balaban J connectivity index is 1.33. The molecule has 0 radical (unpaired) electrons. The lowest BCUT2D eigenvalue weighted by Crippen LogP contribution is -2.34. The first kappa shape index (κ1) is 22.3. The summed E-state index contributed by atoms with van der Waals surface area (Å²) in [6.07, 6.45) is 8.82. The Bertz CT molecular complexity index is 840. The van der Waals surface area contributed by atoms with Crippen molar-refractivity contribution in [1.82, 2.24) is 19.8 Å².